The average molecular weight is 287 g/mol. The van der Waals surface area contributed by atoms with E-state index in [-0.39, 0.29) is 19.0 Å². The van der Waals surface area contributed by atoms with Crippen molar-refractivity contribution in [1.29, 1.82) is 0 Å². The second-order valence-electron chi connectivity index (χ2n) is 4.48. The molecule has 1 fully saturated rings. The number of nitrogens with one attached hydrogen (secondary N) is 2. The Morgan fingerprint density at radius 3 is 2.90 bits per heavy atom. The van der Waals surface area contributed by atoms with Gasteiger partial charge in [0.25, 0.3) is 0 Å². The lowest BCUT2D eigenvalue weighted by atomic mass is 10.2. The quantitative estimate of drug-likeness (QED) is 0.542. The van der Waals surface area contributed by atoms with E-state index in [0.717, 1.165) is 11.3 Å². The molecule has 0 aromatic carbocycles. The van der Waals surface area contributed by atoms with Crippen LogP contribution in [0.3, 0.4) is 0 Å². The number of nitrogens with zero attached hydrogens (tertiary/aromatic N) is 1. The number of rotatable bonds is 7. The molecule has 0 saturated carbocycles. The maximum absolute atomic E-state index is 11.9. The maximum Gasteiger partial charge on any atom is 0.328 e. The Kier molecular flexibility index (Phi) is 6.78. The number of hydrogen-bond acceptors (Lipinski definition) is 4. The van der Waals surface area contributed by atoms with Crippen LogP contribution in [0.15, 0.2) is 0 Å². The molecule has 0 aromatic heterocycles. The minimum absolute atomic E-state index is 0.0683. The molecule has 3 N–H and O–H groups in total. The van der Waals surface area contributed by atoms with Crippen LogP contribution in [0.1, 0.15) is 19.8 Å². The molecule has 1 unspecified atom stereocenters. The van der Waals surface area contributed by atoms with Crippen molar-refractivity contribution in [3.05, 3.63) is 0 Å². The lowest BCUT2D eigenvalue weighted by Crippen LogP contribution is -2.61. The molecule has 8 nitrogen and oxygen atoms in total. The van der Waals surface area contributed by atoms with Gasteiger partial charge in [0.2, 0.25) is 5.91 Å². The number of carboxylic acid groups (broad SMARTS) is 1. The highest BCUT2D eigenvalue weighted by Crippen LogP contribution is 2.04. The van der Waals surface area contributed by atoms with Gasteiger partial charge in [-0.05, 0) is 12.8 Å². The van der Waals surface area contributed by atoms with Gasteiger partial charge in [-0.15, -0.1) is 0 Å². The molecule has 1 saturated heterocycles. The van der Waals surface area contributed by atoms with E-state index in [1.54, 1.807) is 0 Å². The van der Waals surface area contributed by atoms with Crippen LogP contribution in [0.2, 0.25) is 0 Å². The zero-order valence-corrected chi connectivity index (χ0v) is 11.6. The lowest BCUT2D eigenvalue weighted by Gasteiger charge is -2.32. The van der Waals surface area contributed by atoms with Crippen molar-refractivity contribution in [2.45, 2.75) is 25.8 Å². The van der Waals surface area contributed by atoms with E-state index < -0.39 is 18.0 Å². The van der Waals surface area contributed by atoms with Crippen molar-refractivity contribution in [3.8, 4) is 0 Å². The molecule has 1 rings (SSSR count). The average Bonchev–Trinajstić information content (AvgIpc) is 2.42. The maximum atomic E-state index is 11.9. The van der Waals surface area contributed by atoms with Gasteiger partial charge in [-0.1, -0.05) is 6.92 Å². The number of piperazine rings is 1. The van der Waals surface area contributed by atoms with Crippen LogP contribution < -0.4 is 10.6 Å². The third-order valence-corrected chi connectivity index (χ3v) is 2.82. The summed E-state index contributed by atoms with van der Waals surface area (Å²) >= 11 is 0. The van der Waals surface area contributed by atoms with Gasteiger partial charge in [-0.25, -0.2) is 9.59 Å². The van der Waals surface area contributed by atoms with E-state index in [4.69, 9.17) is 9.84 Å². The SMILES string of the molecule is CCCOCCCNC(=O)N1CC(=O)NCC1C(=O)O. The molecular weight excluding hydrogens is 266 g/mol. The predicted octanol–water partition coefficient (Wildman–Crippen LogP) is -0.602. The summed E-state index contributed by atoms with van der Waals surface area (Å²) in [7, 11) is 0. The highest BCUT2D eigenvalue weighted by atomic mass is 16.5. The molecule has 0 aliphatic carbocycles. The summed E-state index contributed by atoms with van der Waals surface area (Å²) in [6.45, 7) is 3.30. The molecule has 0 radical (unpaired) electrons. The molecule has 1 aliphatic heterocycles. The zero-order valence-electron chi connectivity index (χ0n) is 11.6. The fourth-order valence-electron chi connectivity index (χ4n) is 1.79. The third-order valence-electron chi connectivity index (χ3n) is 2.82. The summed E-state index contributed by atoms with van der Waals surface area (Å²) in [6, 6.07) is -1.56. The highest BCUT2D eigenvalue weighted by Gasteiger charge is 2.34. The normalized spacial score (nSPS) is 18.6. The van der Waals surface area contributed by atoms with Crippen LogP contribution in [0.25, 0.3) is 0 Å². The summed E-state index contributed by atoms with van der Waals surface area (Å²) in [5, 5.41) is 14.0. The van der Waals surface area contributed by atoms with Crippen LogP contribution in [0.4, 0.5) is 4.79 Å². The summed E-state index contributed by atoms with van der Waals surface area (Å²) in [4.78, 5) is 35.2. The first-order valence-electron chi connectivity index (χ1n) is 6.68. The summed E-state index contributed by atoms with van der Waals surface area (Å²) in [5.41, 5.74) is 0. The Hall–Kier alpha value is -1.83. The van der Waals surface area contributed by atoms with E-state index in [1.165, 1.54) is 0 Å². The Labute approximate surface area is 117 Å². The summed E-state index contributed by atoms with van der Waals surface area (Å²) in [5.74, 6) is -1.49. The lowest BCUT2D eigenvalue weighted by molar-refractivity contribution is -0.144. The molecule has 0 aromatic rings. The number of aliphatic carboxylic acids is 1. The molecule has 8 heteroatoms. The van der Waals surface area contributed by atoms with Gasteiger partial charge < -0.3 is 20.5 Å². The van der Waals surface area contributed by atoms with Crippen LogP contribution in [0, 0.1) is 0 Å². The van der Waals surface area contributed by atoms with Crippen LogP contribution in [0.5, 0.6) is 0 Å². The molecule has 0 spiro atoms. The smallest absolute Gasteiger partial charge is 0.328 e. The number of amides is 3. The Bertz CT molecular complexity index is 361. The first-order chi connectivity index (χ1) is 9.56. The Morgan fingerprint density at radius 1 is 1.50 bits per heavy atom. The molecule has 20 heavy (non-hydrogen) atoms. The molecule has 1 atom stereocenters. The minimum Gasteiger partial charge on any atom is -0.480 e. The molecule has 114 valence electrons. The van der Waals surface area contributed by atoms with Crippen molar-refractivity contribution in [1.82, 2.24) is 15.5 Å². The van der Waals surface area contributed by atoms with Gasteiger partial charge in [0.05, 0.1) is 0 Å². The van der Waals surface area contributed by atoms with Crippen LogP contribution in [-0.2, 0) is 14.3 Å². The number of carbonyl (C=O) groups is 3. The second-order valence-corrected chi connectivity index (χ2v) is 4.48. The third kappa shape index (κ3) is 5.04. The van der Waals surface area contributed by atoms with Gasteiger partial charge in [-0.2, -0.15) is 0 Å². The van der Waals surface area contributed by atoms with Gasteiger partial charge in [0, 0.05) is 26.3 Å². The van der Waals surface area contributed by atoms with Gasteiger partial charge in [0.15, 0.2) is 0 Å². The van der Waals surface area contributed by atoms with Crippen molar-refractivity contribution in [2.75, 3.05) is 32.8 Å². The second kappa shape index (κ2) is 8.36. The van der Waals surface area contributed by atoms with Gasteiger partial charge in [-0.3, -0.25) is 9.69 Å². The van der Waals surface area contributed by atoms with Gasteiger partial charge >= 0.3 is 12.0 Å². The van der Waals surface area contributed by atoms with E-state index >= 15 is 0 Å². The summed E-state index contributed by atoms with van der Waals surface area (Å²) in [6.07, 6.45) is 1.58. The Morgan fingerprint density at radius 2 is 2.25 bits per heavy atom. The van der Waals surface area contributed by atoms with Crippen LogP contribution >= 0.6 is 0 Å². The molecule has 0 bridgehead atoms. The number of urea groups is 1. The number of carboxylic acids is 1. The van der Waals surface area contributed by atoms with Crippen LogP contribution in [-0.4, -0.2) is 66.8 Å². The van der Waals surface area contributed by atoms with Crippen molar-refractivity contribution in [3.63, 3.8) is 0 Å². The van der Waals surface area contributed by atoms with Crippen molar-refractivity contribution in [2.24, 2.45) is 0 Å². The largest absolute Gasteiger partial charge is 0.480 e. The first kappa shape index (κ1) is 16.2. The highest BCUT2D eigenvalue weighted by molar-refractivity contribution is 5.90. The standard InChI is InChI=1S/C12H21N3O5/c1-2-5-20-6-3-4-13-12(19)15-8-10(16)14-7-9(15)11(17)18/h9H,2-8H2,1H3,(H,13,19)(H,14,16)(H,17,18). The number of hydrogen-bond donors (Lipinski definition) is 3. The monoisotopic (exact) mass is 287 g/mol. The van der Waals surface area contributed by atoms with Crippen molar-refractivity contribution >= 4 is 17.9 Å². The number of ether oxygens (including phenoxy) is 1. The van der Waals surface area contributed by atoms with E-state index in [1.807, 2.05) is 6.92 Å². The Balaban J connectivity index is 2.35. The fourth-order valence-corrected chi connectivity index (χ4v) is 1.79. The minimum atomic E-state index is -1.13. The predicted molar refractivity (Wildman–Crippen MR) is 70.3 cm³/mol. The summed E-state index contributed by atoms with van der Waals surface area (Å²) < 4.78 is 5.26. The number of carbonyl (C=O) groups excluding carboxylic acids is 2. The molecule has 1 heterocycles. The molecule has 3 amide bonds. The van der Waals surface area contributed by atoms with E-state index in [0.29, 0.717) is 26.2 Å². The molecular formula is C12H21N3O5. The van der Waals surface area contributed by atoms with Crippen molar-refractivity contribution < 1.29 is 24.2 Å². The van der Waals surface area contributed by atoms with E-state index in [2.05, 4.69) is 10.6 Å². The van der Waals surface area contributed by atoms with Gasteiger partial charge in [0.1, 0.15) is 12.6 Å². The first-order valence-corrected chi connectivity index (χ1v) is 6.68. The van der Waals surface area contributed by atoms with E-state index in [9.17, 15) is 14.4 Å². The fraction of sp³-hybridized carbons (Fsp3) is 0.750. The topological polar surface area (TPSA) is 108 Å². The molecule has 1 aliphatic rings. The zero-order chi connectivity index (χ0) is 15.0.